The van der Waals surface area contributed by atoms with E-state index in [1.165, 1.54) is 5.56 Å². The van der Waals surface area contributed by atoms with Gasteiger partial charge in [0.05, 0.1) is 0 Å². The maximum absolute atomic E-state index is 11.5. The van der Waals surface area contributed by atoms with E-state index < -0.39 is 11.6 Å². The van der Waals surface area contributed by atoms with Gasteiger partial charge < -0.3 is 10.2 Å². The number of aliphatic hydroxyl groups is 1. The summed E-state index contributed by atoms with van der Waals surface area (Å²) in [5.41, 5.74) is 2.98. The van der Waals surface area contributed by atoms with Crippen LogP contribution in [-0.2, 0) is 16.8 Å². The van der Waals surface area contributed by atoms with Crippen LogP contribution >= 0.6 is 0 Å². The summed E-state index contributed by atoms with van der Waals surface area (Å²) in [5.74, 6) is -1.19. The molecular formula is C17H16O3. The van der Waals surface area contributed by atoms with E-state index in [0.29, 0.717) is 12.0 Å². The first kappa shape index (κ1) is 12.9. The number of benzene rings is 2. The van der Waals surface area contributed by atoms with E-state index in [0.717, 1.165) is 16.7 Å². The molecule has 0 aromatic heterocycles. The first-order chi connectivity index (χ1) is 9.58. The number of carbonyl (C=O) groups is 1. The Kier molecular flexibility index (Phi) is 2.87. The van der Waals surface area contributed by atoms with Crippen molar-refractivity contribution < 1.29 is 15.0 Å². The SMILES string of the molecule is CCC(O)(C(=O)O)c1cccc2c1Cc1ccccc1-2. The minimum Gasteiger partial charge on any atom is -0.479 e. The van der Waals surface area contributed by atoms with Crippen molar-refractivity contribution in [1.82, 2.24) is 0 Å². The van der Waals surface area contributed by atoms with Gasteiger partial charge >= 0.3 is 5.97 Å². The summed E-state index contributed by atoms with van der Waals surface area (Å²) < 4.78 is 0. The van der Waals surface area contributed by atoms with Crippen LogP contribution in [0.5, 0.6) is 0 Å². The number of carboxylic acid groups (broad SMARTS) is 1. The number of rotatable bonds is 3. The van der Waals surface area contributed by atoms with Crippen LogP contribution in [0.3, 0.4) is 0 Å². The van der Waals surface area contributed by atoms with Crippen LogP contribution in [0.2, 0.25) is 0 Å². The second-order valence-corrected chi connectivity index (χ2v) is 5.18. The highest BCUT2D eigenvalue weighted by molar-refractivity contribution is 5.84. The lowest BCUT2D eigenvalue weighted by Crippen LogP contribution is -2.35. The molecule has 2 aromatic carbocycles. The molecule has 1 atom stereocenters. The summed E-state index contributed by atoms with van der Waals surface area (Å²) in [6.45, 7) is 1.69. The lowest BCUT2D eigenvalue weighted by atomic mass is 9.85. The van der Waals surface area contributed by atoms with E-state index in [1.807, 2.05) is 36.4 Å². The van der Waals surface area contributed by atoms with Crippen molar-refractivity contribution in [3.8, 4) is 11.1 Å². The smallest absolute Gasteiger partial charge is 0.340 e. The molecule has 0 amide bonds. The third kappa shape index (κ3) is 1.67. The van der Waals surface area contributed by atoms with E-state index in [4.69, 9.17) is 0 Å². The largest absolute Gasteiger partial charge is 0.479 e. The number of carboxylic acids is 1. The fourth-order valence-electron chi connectivity index (χ4n) is 3.00. The van der Waals surface area contributed by atoms with Crippen LogP contribution < -0.4 is 0 Å². The molecule has 2 N–H and O–H groups in total. The molecule has 0 bridgehead atoms. The summed E-state index contributed by atoms with van der Waals surface area (Å²) in [6, 6.07) is 13.6. The number of hydrogen-bond donors (Lipinski definition) is 2. The summed E-state index contributed by atoms with van der Waals surface area (Å²) in [5, 5.41) is 19.9. The Morgan fingerprint density at radius 1 is 1.15 bits per heavy atom. The highest BCUT2D eigenvalue weighted by atomic mass is 16.4. The molecule has 1 aliphatic carbocycles. The molecule has 1 unspecified atom stereocenters. The van der Waals surface area contributed by atoms with Crippen molar-refractivity contribution in [3.63, 3.8) is 0 Å². The molecule has 0 fully saturated rings. The Balaban J connectivity index is 2.22. The van der Waals surface area contributed by atoms with E-state index in [9.17, 15) is 15.0 Å². The van der Waals surface area contributed by atoms with E-state index in [-0.39, 0.29) is 6.42 Å². The second-order valence-electron chi connectivity index (χ2n) is 5.18. The van der Waals surface area contributed by atoms with Gasteiger partial charge in [-0.15, -0.1) is 0 Å². The number of fused-ring (bicyclic) bond motifs is 3. The molecular weight excluding hydrogens is 252 g/mol. The van der Waals surface area contributed by atoms with Crippen molar-refractivity contribution >= 4 is 5.97 Å². The molecule has 102 valence electrons. The third-order valence-corrected chi connectivity index (χ3v) is 4.16. The van der Waals surface area contributed by atoms with E-state index >= 15 is 0 Å². The van der Waals surface area contributed by atoms with Gasteiger partial charge in [0.15, 0.2) is 5.60 Å². The molecule has 2 aromatic rings. The van der Waals surface area contributed by atoms with Gasteiger partial charge in [0.25, 0.3) is 0 Å². The molecule has 1 aliphatic rings. The molecule has 0 saturated carbocycles. The Morgan fingerprint density at radius 2 is 1.85 bits per heavy atom. The quantitative estimate of drug-likeness (QED) is 0.768. The normalized spacial score (nSPS) is 15.3. The zero-order valence-electron chi connectivity index (χ0n) is 11.3. The zero-order chi connectivity index (χ0) is 14.3. The maximum Gasteiger partial charge on any atom is 0.340 e. The molecule has 20 heavy (non-hydrogen) atoms. The monoisotopic (exact) mass is 268 g/mol. The van der Waals surface area contributed by atoms with Crippen LogP contribution in [0.15, 0.2) is 42.5 Å². The topological polar surface area (TPSA) is 57.5 Å². The molecule has 0 aliphatic heterocycles. The molecule has 3 rings (SSSR count). The van der Waals surface area contributed by atoms with Gasteiger partial charge in [-0.3, -0.25) is 0 Å². The van der Waals surface area contributed by atoms with Gasteiger partial charge in [-0.25, -0.2) is 4.79 Å². The van der Waals surface area contributed by atoms with Gasteiger partial charge in [0.1, 0.15) is 0 Å². The molecule has 3 nitrogen and oxygen atoms in total. The number of hydrogen-bond acceptors (Lipinski definition) is 2. The summed E-state index contributed by atoms with van der Waals surface area (Å²) >= 11 is 0. The fourth-order valence-corrected chi connectivity index (χ4v) is 3.00. The minimum atomic E-state index is -1.81. The van der Waals surface area contributed by atoms with E-state index in [2.05, 4.69) is 0 Å². The molecule has 0 radical (unpaired) electrons. The van der Waals surface area contributed by atoms with Gasteiger partial charge in [-0.05, 0) is 40.7 Å². The van der Waals surface area contributed by atoms with Crippen LogP contribution in [0.25, 0.3) is 11.1 Å². The van der Waals surface area contributed by atoms with Crippen molar-refractivity contribution in [2.24, 2.45) is 0 Å². The summed E-state index contributed by atoms with van der Waals surface area (Å²) in [6.07, 6.45) is 0.826. The number of aliphatic carboxylic acids is 1. The van der Waals surface area contributed by atoms with Crippen molar-refractivity contribution in [2.45, 2.75) is 25.4 Å². The van der Waals surface area contributed by atoms with Crippen LogP contribution in [0.4, 0.5) is 0 Å². The molecule has 0 heterocycles. The predicted octanol–water partition coefficient (Wildman–Crippen LogP) is 2.94. The van der Waals surface area contributed by atoms with Crippen LogP contribution in [-0.4, -0.2) is 16.2 Å². The summed E-state index contributed by atoms with van der Waals surface area (Å²) in [7, 11) is 0. The fraction of sp³-hybridized carbons (Fsp3) is 0.235. The Morgan fingerprint density at radius 3 is 2.55 bits per heavy atom. The van der Waals surface area contributed by atoms with Gasteiger partial charge in [-0.1, -0.05) is 49.4 Å². The average Bonchev–Trinajstić information content (AvgIpc) is 2.84. The van der Waals surface area contributed by atoms with Crippen molar-refractivity contribution in [2.75, 3.05) is 0 Å². The van der Waals surface area contributed by atoms with E-state index in [1.54, 1.807) is 13.0 Å². The van der Waals surface area contributed by atoms with Crippen LogP contribution in [0.1, 0.15) is 30.0 Å². The van der Waals surface area contributed by atoms with Crippen molar-refractivity contribution in [1.29, 1.82) is 0 Å². The Hall–Kier alpha value is -2.13. The van der Waals surface area contributed by atoms with Gasteiger partial charge in [-0.2, -0.15) is 0 Å². The highest BCUT2D eigenvalue weighted by Crippen LogP contribution is 2.41. The summed E-state index contributed by atoms with van der Waals surface area (Å²) in [4.78, 5) is 11.5. The lowest BCUT2D eigenvalue weighted by molar-refractivity contribution is -0.160. The predicted molar refractivity (Wildman–Crippen MR) is 76.5 cm³/mol. The average molecular weight is 268 g/mol. The molecule has 0 saturated heterocycles. The second kappa shape index (κ2) is 4.46. The van der Waals surface area contributed by atoms with Crippen LogP contribution in [0, 0.1) is 0 Å². The third-order valence-electron chi connectivity index (χ3n) is 4.16. The zero-order valence-corrected chi connectivity index (χ0v) is 11.3. The van der Waals surface area contributed by atoms with Gasteiger partial charge in [0.2, 0.25) is 0 Å². The molecule has 0 spiro atoms. The minimum absolute atomic E-state index is 0.148. The Bertz CT molecular complexity index is 690. The Labute approximate surface area is 117 Å². The standard InChI is InChI=1S/C17H16O3/c1-2-17(20,16(18)19)15-9-5-8-13-12-7-4-3-6-11(12)10-14(13)15/h3-9,20H,2,10H2,1H3,(H,18,19). The van der Waals surface area contributed by atoms with Crippen molar-refractivity contribution in [3.05, 3.63) is 59.2 Å². The lowest BCUT2D eigenvalue weighted by Gasteiger charge is -2.24. The first-order valence-corrected chi connectivity index (χ1v) is 6.74. The maximum atomic E-state index is 11.5. The van der Waals surface area contributed by atoms with Gasteiger partial charge in [0, 0.05) is 0 Å². The first-order valence-electron chi connectivity index (χ1n) is 6.74. The highest BCUT2D eigenvalue weighted by Gasteiger charge is 2.39. The molecule has 3 heteroatoms.